The van der Waals surface area contributed by atoms with Crippen LogP contribution in [-0.2, 0) is 0 Å². The van der Waals surface area contributed by atoms with Gasteiger partial charge in [0.1, 0.15) is 0 Å². The van der Waals surface area contributed by atoms with E-state index in [1.54, 1.807) is 12.1 Å². The summed E-state index contributed by atoms with van der Waals surface area (Å²) >= 11 is 0. The summed E-state index contributed by atoms with van der Waals surface area (Å²) in [6.07, 6.45) is 7.43. The lowest BCUT2D eigenvalue weighted by molar-refractivity contribution is -0.385. The molecule has 1 aliphatic heterocycles. The van der Waals surface area contributed by atoms with E-state index in [-0.39, 0.29) is 10.6 Å². The molecule has 17 heavy (non-hydrogen) atoms. The first-order chi connectivity index (χ1) is 8.27. The highest BCUT2D eigenvalue weighted by atomic mass is 16.6. The number of para-hydroxylation sites is 1. The van der Waals surface area contributed by atoms with Crippen LogP contribution in [0.25, 0.3) is 6.08 Å². The van der Waals surface area contributed by atoms with Gasteiger partial charge < -0.3 is 5.32 Å². The zero-order valence-corrected chi connectivity index (χ0v) is 9.63. The van der Waals surface area contributed by atoms with Crippen molar-refractivity contribution in [1.82, 2.24) is 5.32 Å². The van der Waals surface area contributed by atoms with Gasteiger partial charge in [-0.1, -0.05) is 30.7 Å². The third-order valence-electron chi connectivity index (χ3n) is 2.99. The normalized spacial score (nSPS) is 20.6. The van der Waals surface area contributed by atoms with Gasteiger partial charge in [0.05, 0.1) is 10.5 Å². The molecule has 1 unspecified atom stereocenters. The summed E-state index contributed by atoms with van der Waals surface area (Å²) in [5.74, 6) is 0. The van der Waals surface area contributed by atoms with Crippen molar-refractivity contribution in [3.8, 4) is 0 Å². The summed E-state index contributed by atoms with van der Waals surface area (Å²) in [5.41, 5.74) is 0.837. The lowest BCUT2D eigenvalue weighted by Gasteiger charge is -2.19. The molecule has 0 aliphatic carbocycles. The zero-order valence-electron chi connectivity index (χ0n) is 9.63. The highest BCUT2D eigenvalue weighted by Crippen LogP contribution is 2.20. The van der Waals surface area contributed by atoms with Crippen LogP contribution in [0.5, 0.6) is 0 Å². The Morgan fingerprint density at radius 3 is 2.88 bits per heavy atom. The zero-order chi connectivity index (χ0) is 12.1. The lowest BCUT2D eigenvalue weighted by atomic mass is 10.0. The SMILES string of the molecule is O=[N+]([O-])c1ccccc1/C=C/C1CCCCN1. The van der Waals surface area contributed by atoms with Crippen LogP contribution in [-0.4, -0.2) is 17.5 Å². The van der Waals surface area contributed by atoms with Crippen molar-refractivity contribution in [2.24, 2.45) is 0 Å². The predicted molar refractivity (Wildman–Crippen MR) is 67.8 cm³/mol. The fraction of sp³-hybridized carbons (Fsp3) is 0.385. The predicted octanol–water partition coefficient (Wildman–Crippen LogP) is 2.75. The number of nitrogens with zero attached hydrogens (tertiary/aromatic N) is 1. The van der Waals surface area contributed by atoms with Gasteiger partial charge in [-0.3, -0.25) is 10.1 Å². The first kappa shape index (κ1) is 11.8. The summed E-state index contributed by atoms with van der Waals surface area (Å²) in [6, 6.07) is 7.17. The smallest absolute Gasteiger partial charge is 0.276 e. The molecule has 2 rings (SSSR count). The highest BCUT2D eigenvalue weighted by molar-refractivity contribution is 5.61. The van der Waals surface area contributed by atoms with Crippen molar-refractivity contribution in [3.63, 3.8) is 0 Å². The summed E-state index contributed by atoms with van der Waals surface area (Å²) in [7, 11) is 0. The van der Waals surface area contributed by atoms with Crippen molar-refractivity contribution in [1.29, 1.82) is 0 Å². The van der Waals surface area contributed by atoms with Crippen LogP contribution in [0.15, 0.2) is 30.3 Å². The number of benzene rings is 1. The second-order valence-electron chi connectivity index (χ2n) is 4.23. The molecule has 4 heteroatoms. The van der Waals surface area contributed by atoms with Crippen molar-refractivity contribution >= 4 is 11.8 Å². The molecule has 1 aromatic rings. The average molecular weight is 232 g/mol. The second-order valence-corrected chi connectivity index (χ2v) is 4.23. The van der Waals surface area contributed by atoms with E-state index < -0.39 is 0 Å². The molecule has 0 radical (unpaired) electrons. The Morgan fingerprint density at radius 1 is 1.35 bits per heavy atom. The van der Waals surface area contributed by atoms with Crippen LogP contribution < -0.4 is 5.32 Å². The number of piperidine rings is 1. The number of nitro benzene ring substituents is 1. The van der Waals surface area contributed by atoms with Crippen LogP contribution in [0, 0.1) is 10.1 Å². The molecule has 0 amide bonds. The van der Waals surface area contributed by atoms with Gasteiger partial charge in [0.25, 0.3) is 5.69 Å². The molecule has 1 saturated heterocycles. The van der Waals surface area contributed by atoms with Crippen LogP contribution >= 0.6 is 0 Å². The van der Waals surface area contributed by atoms with Crippen LogP contribution in [0.3, 0.4) is 0 Å². The minimum Gasteiger partial charge on any atom is -0.311 e. The number of rotatable bonds is 3. The summed E-state index contributed by atoms with van der Waals surface area (Å²) < 4.78 is 0. The van der Waals surface area contributed by atoms with Gasteiger partial charge in [-0.2, -0.15) is 0 Å². The van der Waals surface area contributed by atoms with E-state index in [2.05, 4.69) is 5.32 Å². The molecule has 4 nitrogen and oxygen atoms in total. The van der Waals surface area contributed by atoms with Crippen molar-refractivity contribution in [2.75, 3.05) is 6.54 Å². The fourth-order valence-corrected chi connectivity index (χ4v) is 2.06. The average Bonchev–Trinajstić information content (AvgIpc) is 2.38. The van der Waals surface area contributed by atoms with E-state index in [1.165, 1.54) is 18.9 Å². The standard InChI is InChI=1S/C13H16N2O2/c16-15(17)13-7-2-1-5-11(13)8-9-12-6-3-4-10-14-12/h1-2,5,7-9,12,14H,3-4,6,10H2/b9-8+. The summed E-state index contributed by atoms with van der Waals surface area (Å²) in [6.45, 7) is 1.03. The largest absolute Gasteiger partial charge is 0.311 e. The van der Waals surface area contributed by atoms with Gasteiger partial charge in [-0.15, -0.1) is 0 Å². The molecule has 0 bridgehead atoms. The van der Waals surface area contributed by atoms with E-state index in [4.69, 9.17) is 0 Å². The second kappa shape index (κ2) is 5.59. The van der Waals surface area contributed by atoms with E-state index in [1.807, 2.05) is 18.2 Å². The van der Waals surface area contributed by atoms with Gasteiger partial charge in [0.15, 0.2) is 0 Å². The lowest BCUT2D eigenvalue weighted by Crippen LogP contribution is -2.31. The molecule has 1 aliphatic rings. The van der Waals surface area contributed by atoms with Gasteiger partial charge in [0.2, 0.25) is 0 Å². The molecular formula is C13H16N2O2. The van der Waals surface area contributed by atoms with Gasteiger partial charge in [0, 0.05) is 12.1 Å². The number of hydrogen-bond donors (Lipinski definition) is 1. The minimum atomic E-state index is -0.339. The topological polar surface area (TPSA) is 55.2 Å². The first-order valence-electron chi connectivity index (χ1n) is 5.92. The Kier molecular flexibility index (Phi) is 3.88. The first-order valence-corrected chi connectivity index (χ1v) is 5.92. The number of hydrogen-bond acceptors (Lipinski definition) is 3. The Hall–Kier alpha value is -1.68. The van der Waals surface area contributed by atoms with Crippen LogP contribution in [0.2, 0.25) is 0 Å². The van der Waals surface area contributed by atoms with Crippen LogP contribution in [0.1, 0.15) is 24.8 Å². The van der Waals surface area contributed by atoms with E-state index in [0.29, 0.717) is 11.6 Å². The molecule has 1 heterocycles. The summed E-state index contributed by atoms with van der Waals surface area (Å²) in [5, 5.41) is 14.2. The van der Waals surface area contributed by atoms with Gasteiger partial charge in [-0.25, -0.2) is 0 Å². The van der Waals surface area contributed by atoms with E-state index in [9.17, 15) is 10.1 Å². The maximum Gasteiger partial charge on any atom is 0.276 e. The molecule has 1 atom stereocenters. The maximum absolute atomic E-state index is 10.8. The number of nitrogens with one attached hydrogen (secondary N) is 1. The highest BCUT2D eigenvalue weighted by Gasteiger charge is 2.11. The Bertz CT molecular complexity index is 423. The molecular weight excluding hydrogens is 216 g/mol. The van der Waals surface area contributed by atoms with Crippen molar-refractivity contribution < 1.29 is 4.92 Å². The molecule has 90 valence electrons. The molecule has 1 N–H and O–H groups in total. The Labute approximate surface area is 100 Å². The Morgan fingerprint density at radius 2 is 2.18 bits per heavy atom. The molecule has 0 spiro atoms. The third kappa shape index (κ3) is 3.14. The number of nitro groups is 1. The molecule has 1 fully saturated rings. The molecule has 1 aromatic carbocycles. The van der Waals surface area contributed by atoms with E-state index in [0.717, 1.165) is 13.0 Å². The molecule has 0 aromatic heterocycles. The maximum atomic E-state index is 10.8. The van der Waals surface area contributed by atoms with Crippen molar-refractivity contribution in [3.05, 3.63) is 46.0 Å². The van der Waals surface area contributed by atoms with E-state index >= 15 is 0 Å². The van der Waals surface area contributed by atoms with Gasteiger partial charge >= 0.3 is 0 Å². The minimum absolute atomic E-state index is 0.166. The third-order valence-corrected chi connectivity index (χ3v) is 2.99. The fourth-order valence-electron chi connectivity index (χ4n) is 2.06. The quantitative estimate of drug-likeness (QED) is 0.644. The Balaban J connectivity index is 2.11. The van der Waals surface area contributed by atoms with Gasteiger partial charge in [-0.05, 0) is 25.5 Å². The monoisotopic (exact) mass is 232 g/mol. The van der Waals surface area contributed by atoms with Crippen LogP contribution in [0.4, 0.5) is 5.69 Å². The molecule has 0 saturated carbocycles. The summed E-state index contributed by atoms with van der Waals surface area (Å²) in [4.78, 5) is 10.5. The van der Waals surface area contributed by atoms with Crippen molar-refractivity contribution in [2.45, 2.75) is 25.3 Å².